The summed E-state index contributed by atoms with van der Waals surface area (Å²) in [5.74, 6) is 0.982. The van der Waals surface area contributed by atoms with Crippen molar-refractivity contribution >= 4 is 17.5 Å². The van der Waals surface area contributed by atoms with Crippen LogP contribution in [0.4, 0.5) is 0 Å². The number of alkyl halides is 1. The van der Waals surface area contributed by atoms with Crippen LogP contribution in [0.1, 0.15) is 18.5 Å². The maximum atomic E-state index is 11.5. The summed E-state index contributed by atoms with van der Waals surface area (Å²) in [6.07, 6.45) is 0. The molecule has 0 bridgehead atoms. The van der Waals surface area contributed by atoms with Crippen molar-refractivity contribution < 1.29 is 9.53 Å². The highest BCUT2D eigenvalue weighted by Crippen LogP contribution is 2.23. The van der Waals surface area contributed by atoms with Crippen LogP contribution in [0, 0.1) is 0 Å². The molecule has 1 atom stereocenters. The zero-order valence-electron chi connectivity index (χ0n) is 12.0. The first-order valence-corrected chi connectivity index (χ1v) is 7.41. The van der Waals surface area contributed by atoms with Gasteiger partial charge in [-0.05, 0) is 24.6 Å². The number of halogens is 1. The summed E-state index contributed by atoms with van der Waals surface area (Å²) in [7, 11) is 1.67. The molecule has 110 valence electrons. The van der Waals surface area contributed by atoms with Crippen LogP contribution in [-0.2, 0) is 4.79 Å². The number of carbonyl (C=O) groups excluding carboxylic acids is 1. The van der Waals surface area contributed by atoms with Crippen LogP contribution in [-0.4, -0.2) is 54.9 Å². The molecule has 0 saturated carbocycles. The molecule has 1 aromatic carbocycles. The van der Waals surface area contributed by atoms with Crippen molar-refractivity contribution in [3.8, 4) is 5.75 Å². The topological polar surface area (TPSA) is 32.8 Å². The number of ether oxygens (including phenoxy) is 1. The Morgan fingerprint density at radius 2 is 1.85 bits per heavy atom. The Morgan fingerprint density at radius 1 is 1.25 bits per heavy atom. The van der Waals surface area contributed by atoms with E-state index < -0.39 is 0 Å². The molecule has 0 spiro atoms. The Hall–Kier alpha value is -1.26. The van der Waals surface area contributed by atoms with E-state index in [1.807, 2.05) is 17.0 Å². The maximum absolute atomic E-state index is 11.5. The number of benzene rings is 1. The molecule has 4 nitrogen and oxygen atoms in total. The lowest BCUT2D eigenvalue weighted by Crippen LogP contribution is -2.49. The van der Waals surface area contributed by atoms with E-state index in [9.17, 15) is 4.79 Å². The van der Waals surface area contributed by atoms with Crippen LogP contribution < -0.4 is 4.74 Å². The Morgan fingerprint density at radius 3 is 2.35 bits per heavy atom. The Kier molecular flexibility index (Phi) is 5.26. The van der Waals surface area contributed by atoms with Gasteiger partial charge in [-0.25, -0.2) is 0 Å². The summed E-state index contributed by atoms with van der Waals surface area (Å²) < 4.78 is 5.18. The van der Waals surface area contributed by atoms with Crippen LogP contribution in [0.25, 0.3) is 0 Å². The molecule has 1 aliphatic rings. The first-order valence-electron chi connectivity index (χ1n) is 6.87. The number of piperazine rings is 1. The van der Waals surface area contributed by atoms with Crippen LogP contribution in [0.3, 0.4) is 0 Å². The zero-order valence-corrected chi connectivity index (χ0v) is 12.8. The van der Waals surface area contributed by atoms with Crippen molar-refractivity contribution in [1.29, 1.82) is 0 Å². The minimum absolute atomic E-state index is 0.0309. The van der Waals surface area contributed by atoms with Gasteiger partial charge in [0.05, 0.1) is 7.11 Å². The van der Waals surface area contributed by atoms with Gasteiger partial charge in [-0.1, -0.05) is 12.1 Å². The summed E-state index contributed by atoms with van der Waals surface area (Å²) in [6.45, 7) is 5.48. The van der Waals surface area contributed by atoms with Gasteiger partial charge in [0.1, 0.15) is 11.6 Å². The smallest absolute Gasteiger partial charge is 0.237 e. The van der Waals surface area contributed by atoms with E-state index >= 15 is 0 Å². The van der Waals surface area contributed by atoms with Gasteiger partial charge in [0.25, 0.3) is 0 Å². The molecule has 1 saturated heterocycles. The van der Waals surface area contributed by atoms with Crippen LogP contribution >= 0.6 is 11.6 Å². The molecule has 0 radical (unpaired) electrons. The maximum Gasteiger partial charge on any atom is 0.237 e. The Bertz CT molecular complexity index is 442. The van der Waals surface area contributed by atoms with E-state index in [-0.39, 0.29) is 11.8 Å². The van der Waals surface area contributed by atoms with E-state index in [1.54, 1.807) is 7.11 Å². The quantitative estimate of drug-likeness (QED) is 0.798. The minimum Gasteiger partial charge on any atom is -0.497 e. The van der Waals surface area contributed by atoms with E-state index in [2.05, 4.69) is 24.0 Å². The fourth-order valence-electron chi connectivity index (χ4n) is 2.54. The molecule has 0 aromatic heterocycles. The van der Waals surface area contributed by atoms with Gasteiger partial charge >= 0.3 is 0 Å². The third kappa shape index (κ3) is 3.44. The van der Waals surface area contributed by atoms with E-state index in [0.29, 0.717) is 6.04 Å². The lowest BCUT2D eigenvalue weighted by molar-refractivity contribution is -0.130. The van der Waals surface area contributed by atoms with Gasteiger partial charge in [0.2, 0.25) is 5.91 Å². The van der Waals surface area contributed by atoms with Gasteiger partial charge in [-0.2, -0.15) is 0 Å². The number of methoxy groups -OCH3 is 1. The standard InChI is InChI=1S/C15H21ClN2O2/c1-12(13-3-5-14(20-2)6-4-13)17-7-9-18(10-8-17)15(19)11-16/h3-6,12H,7-11H2,1-2H3. The first kappa shape index (κ1) is 15.1. The highest BCUT2D eigenvalue weighted by molar-refractivity contribution is 6.27. The fourth-order valence-corrected chi connectivity index (χ4v) is 2.71. The van der Waals surface area contributed by atoms with Crippen molar-refractivity contribution in [3.05, 3.63) is 29.8 Å². The number of hydrogen-bond donors (Lipinski definition) is 0. The van der Waals surface area contributed by atoms with Crippen LogP contribution in [0.5, 0.6) is 5.75 Å². The summed E-state index contributed by atoms with van der Waals surface area (Å²) >= 11 is 5.59. The van der Waals surface area contributed by atoms with Crippen LogP contribution in [0.2, 0.25) is 0 Å². The van der Waals surface area contributed by atoms with Crippen molar-refractivity contribution in [2.45, 2.75) is 13.0 Å². The van der Waals surface area contributed by atoms with E-state index in [1.165, 1.54) is 5.56 Å². The molecule has 1 fully saturated rings. The van der Waals surface area contributed by atoms with E-state index in [0.717, 1.165) is 31.9 Å². The lowest BCUT2D eigenvalue weighted by atomic mass is 10.1. The summed E-state index contributed by atoms with van der Waals surface area (Å²) in [5.41, 5.74) is 1.27. The van der Waals surface area contributed by atoms with Gasteiger partial charge in [0.15, 0.2) is 0 Å². The second kappa shape index (κ2) is 6.95. The largest absolute Gasteiger partial charge is 0.497 e. The third-order valence-electron chi connectivity index (χ3n) is 3.93. The molecular weight excluding hydrogens is 276 g/mol. The molecule has 20 heavy (non-hydrogen) atoms. The Labute approximate surface area is 125 Å². The number of rotatable bonds is 4. The highest BCUT2D eigenvalue weighted by atomic mass is 35.5. The molecule has 1 unspecified atom stereocenters. The SMILES string of the molecule is COc1ccc(C(C)N2CCN(C(=O)CCl)CC2)cc1. The highest BCUT2D eigenvalue weighted by Gasteiger charge is 2.24. The molecule has 1 aromatic rings. The molecule has 1 heterocycles. The summed E-state index contributed by atoms with van der Waals surface area (Å²) in [5, 5.41) is 0. The molecule has 0 aliphatic carbocycles. The molecule has 2 rings (SSSR count). The second-order valence-electron chi connectivity index (χ2n) is 5.00. The normalized spacial score (nSPS) is 17.9. The predicted molar refractivity (Wildman–Crippen MR) is 80.3 cm³/mol. The zero-order chi connectivity index (χ0) is 14.5. The van der Waals surface area contributed by atoms with Crippen LogP contribution in [0.15, 0.2) is 24.3 Å². The van der Waals surface area contributed by atoms with Crippen molar-refractivity contribution in [2.24, 2.45) is 0 Å². The van der Waals surface area contributed by atoms with E-state index in [4.69, 9.17) is 16.3 Å². The fraction of sp³-hybridized carbons (Fsp3) is 0.533. The first-order chi connectivity index (χ1) is 9.65. The average molecular weight is 297 g/mol. The summed E-state index contributed by atoms with van der Waals surface area (Å²) in [4.78, 5) is 15.8. The predicted octanol–water partition coefficient (Wildman–Crippen LogP) is 2.14. The van der Waals surface area contributed by atoms with Gasteiger partial charge in [0, 0.05) is 32.2 Å². The number of nitrogens with zero attached hydrogens (tertiary/aromatic N) is 2. The minimum atomic E-state index is 0.0309. The molecule has 5 heteroatoms. The second-order valence-corrected chi connectivity index (χ2v) is 5.27. The van der Waals surface area contributed by atoms with Gasteiger partial charge < -0.3 is 9.64 Å². The average Bonchev–Trinajstić information content (AvgIpc) is 2.53. The Balaban J connectivity index is 1.93. The summed E-state index contributed by atoms with van der Waals surface area (Å²) in [6, 6.07) is 8.51. The lowest BCUT2D eigenvalue weighted by Gasteiger charge is -2.38. The third-order valence-corrected chi connectivity index (χ3v) is 4.16. The molecule has 1 amide bonds. The molecule has 0 N–H and O–H groups in total. The number of carbonyl (C=O) groups is 1. The van der Waals surface area contributed by atoms with Crippen molar-refractivity contribution in [2.75, 3.05) is 39.2 Å². The number of amides is 1. The monoisotopic (exact) mass is 296 g/mol. The van der Waals surface area contributed by atoms with Gasteiger partial charge in [-0.3, -0.25) is 9.69 Å². The van der Waals surface area contributed by atoms with Crippen molar-refractivity contribution in [1.82, 2.24) is 9.80 Å². The van der Waals surface area contributed by atoms with Crippen molar-refractivity contribution in [3.63, 3.8) is 0 Å². The molecular formula is C15H21ClN2O2. The van der Waals surface area contributed by atoms with Gasteiger partial charge in [-0.15, -0.1) is 11.6 Å². The molecule has 1 aliphatic heterocycles. The number of hydrogen-bond acceptors (Lipinski definition) is 3.